The normalized spacial score (nSPS) is 12.5. The monoisotopic (exact) mass is 368 g/mol. The summed E-state index contributed by atoms with van der Waals surface area (Å²) in [5, 5.41) is 11.5. The molecule has 0 saturated heterocycles. The summed E-state index contributed by atoms with van der Waals surface area (Å²) in [4.78, 5) is 11.7. The van der Waals surface area contributed by atoms with Crippen molar-refractivity contribution in [2.45, 2.75) is 77.8 Å². The predicted molar refractivity (Wildman–Crippen MR) is 107 cm³/mol. The summed E-state index contributed by atoms with van der Waals surface area (Å²) in [6, 6.07) is 9.83. The van der Waals surface area contributed by atoms with Gasteiger partial charge in [-0.1, -0.05) is 89.1 Å². The Labute approximate surface area is 148 Å². The van der Waals surface area contributed by atoms with Gasteiger partial charge in [-0.2, -0.15) is 0 Å². The number of carbonyl (C=O) groups is 1. The molecule has 5 heteroatoms. The maximum Gasteiger partial charge on any atom is 0.338 e. The fourth-order valence-corrected chi connectivity index (χ4v) is 11.6. The van der Waals surface area contributed by atoms with E-state index in [-0.39, 0.29) is 5.56 Å². The zero-order valence-corrected chi connectivity index (χ0v) is 18.1. The van der Waals surface area contributed by atoms with Crippen LogP contribution < -0.4 is 10.4 Å². The topological polar surface area (TPSA) is 37.3 Å². The number of carboxylic acid groups (broad SMARTS) is 1. The number of hydrogen-bond donors (Lipinski definition) is 1. The van der Waals surface area contributed by atoms with Gasteiger partial charge in [0.1, 0.15) is 5.82 Å². The molecule has 0 spiro atoms. The summed E-state index contributed by atoms with van der Waals surface area (Å²) in [6.45, 7) is 13.0. The number of carboxylic acids is 1. The Morgan fingerprint density at radius 2 is 1.29 bits per heavy atom. The number of hydrogen-bond acceptors (Lipinski definition) is 1. The fraction of sp³-hybridized carbons (Fsp3) is 0.632. The average molecular weight is 369 g/mol. The van der Waals surface area contributed by atoms with Crippen molar-refractivity contribution in [3.8, 4) is 0 Å². The maximum absolute atomic E-state index is 15.1. The number of aromatic carboxylic acids is 1. The van der Waals surface area contributed by atoms with Crippen molar-refractivity contribution in [1.29, 1.82) is 0 Å². The molecule has 0 aliphatic rings. The van der Waals surface area contributed by atoms with Gasteiger partial charge < -0.3 is 5.11 Å². The van der Waals surface area contributed by atoms with Crippen LogP contribution in [0.25, 0.3) is 0 Å². The van der Waals surface area contributed by atoms with E-state index in [2.05, 4.69) is 47.6 Å². The largest absolute Gasteiger partial charge is 0.478 e. The Balaban J connectivity index is 3.81. The molecule has 0 amide bonds. The molecular formula is C19H33FO2Si2. The Morgan fingerprint density at radius 1 is 0.875 bits per heavy atom. The molecule has 1 N–H and O–H groups in total. The van der Waals surface area contributed by atoms with E-state index in [1.807, 2.05) is 0 Å². The molecule has 2 nitrogen and oxygen atoms in total. The first kappa shape index (κ1) is 21.1. The molecule has 0 bridgehead atoms. The Bertz CT molecular complexity index is 562. The van der Waals surface area contributed by atoms with Crippen molar-refractivity contribution in [2.75, 3.05) is 0 Å². The third-order valence-corrected chi connectivity index (χ3v) is 17.7. The zero-order valence-electron chi connectivity index (χ0n) is 16.1. The van der Waals surface area contributed by atoms with Crippen LogP contribution in [0.3, 0.4) is 0 Å². The lowest BCUT2D eigenvalue weighted by Gasteiger charge is -2.34. The second-order valence-corrected chi connectivity index (χ2v) is 17.4. The maximum atomic E-state index is 15.1. The van der Waals surface area contributed by atoms with Crippen LogP contribution in [0, 0.1) is 5.82 Å². The first-order valence-electron chi connectivity index (χ1n) is 9.39. The predicted octanol–water partition coefficient (Wildman–Crippen LogP) is 4.95. The molecule has 24 heavy (non-hydrogen) atoms. The van der Waals surface area contributed by atoms with Gasteiger partial charge in [-0.05, 0) is 11.3 Å². The number of halogens is 1. The van der Waals surface area contributed by atoms with Crippen molar-refractivity contribution in [3.05, 3.63) is 23.5 Å². The highest BCUT2D eigenvalue weighted by Crippen LogP contribution is 2.25. The van der Waals surface area contributed by atoms with Gasteiger partial charge in [-0.15, -0.1) is 0 Å². The second kappa shape index (κ2) is 8.43. The number of benzene rings is 1. The minimum atomic E-state index is -1.98. The molecule has 1 rings (SSSR count). The van der Waals surface area contributed by atoms with E-state index in [4.69, 9.17) is 0 Å². The molecule has 0 atom stereocenters. The van der Waals surface area contributed by atoms with Crippen LogP contribution in [0.4, 0.5) is 4.39 Å². The van der Waals surface area contributed by atoms with Crippen LogP contribution in [0.1, 0.15) is 51.9 Å². The van der Waals surface area contributed by atoms with Crippen molar-refractivity contribution < 1.29 is 14.3 Å². The van der Waals surface area contributed by atoms with Crippen molar-refractivity contribution in [3.63, 3.8) is 0 Å². The Hall–Kier alpha value is -0.946. The minimum Gasteiger partial charge on any atom is -0.478 e. The standard InChI is InChI=1S/C19H33FO2Si2/c1-7-23(8-2,9-3)15-13-16(19(21)22)18(20)17(14-15)24(10-4,11-5)12-6/h13-14H,7-12H2,1-6H3,(H,21,22). The van der Waals surface area contributed by atoms with E-state index in [0.29, 0.717) is 0 Å². The SMILES string of the molecule is CC[Si](CC)(CC)c1cc(C(=O)O)c(F)c([Si](CC)(CC)CC)c1. The van der Waals surface area contributed by atoms with Gasteiger partial charge in [-0.3, -0.25) is 0 Å². The molecule has 0 fully saturated rings. The van der Waals surface area contributed by atoms with E-state index in [9.17, 15) is 9.90 Å². The van der Waals surface area contributed by atoms with Gasteiger partial charge in [0.2, 0.25) is 0 Å². The van der Waals surface area contributed by atoms with Crippen molar-refractivity contribution in [2.24, 2.45) is 0 Å². The Kier molecular flexibility index (Phi) is 7.41. The molecule has 0 unspecified atom stereocenters. The van der Waals surface area contributed by atoms with Gasteiger partial charge in [0, 0.05) is 0 Å². The van der Waals surface area contributed by atoms with E-state index in [1.165, 1.54) is 0 Å². The highest BCUT2D eigenvalue weighted by molar-refractivity contribution is 6.94. The second-order valence-electron chi connectivity index (χ2n) is 6.87. The summed E-state index contributed by atoms with van der Waals surface area (Å²) in [5.41, 5.74) is -0.109. The molecule has 1 aromatic carbocycles. The number of rotatable bonds is 9. The van der Waals surface area contributed by atoms with Gasteiger partial charge >= 0.3 is 5.97 Å². The van der Waals surface area contributed by atoms with Crippen molar-refractivity contribution in [1.82, 2.24) is 0 Å². The minimum absolute atomic E-state index is 0.109. The van der Waals surface area contributed by atoms with Crippen LogP contribution in [0.5, 0.6) is 0 Å². The molecule has 1 aromatic rings. The fourth-order valence-electron chi connectivity index (χ4n) is 4.16. The van der Waals surface area contributed by atoms with Crippen LogP contribution in [-0.2, 0) is 0 Å². The smallest absolute Gasteiger partial charge is 0.338 e. The van der Waals surface area contributed by atoms with Gasteiger partial charge in [0.15, 0.2) is 0 Å². The lowest BCUT2D eigenvalue weighted by molar-refractivity contribution is 0.0692. The highest BCUT2D eigenvalue weighted by Gasteiger charge is 2.37. The molecule has 0 radical (unpaired) electrons. The first-order chi connectivity index (χ1) is 11.3. The van der Waals surface area contributed by atoms with E-state index < -0.39 is 27.9 Å². The molecule has 0 heterocycles. The van der Waals surface area contributed by atoms with Crippen LogP contribution in [0.15, 0.2) is 12.1 Å². The summed E-state index contributed by atoms with van der Waals surface area (Å²) < 4.78 is 15.1. The van der Waals surface area contributed by atoms with E-state index in [0.717, 1.165) is 46.6 Å². The first-order valence-corrected chi connectivity index (χ1v) is 14.6. The van der Waals surface area contributed by atoms with Gasteiger partial charge in [0.25, 0.3) is 0 Å². The quantitative estimate of drug-likeness (QED) is 0.626. The summed E-state index contributed by atoms with van der Waals surface area (Å²) in [6.07, 6.45) is 0. The molecular weight excluding hydrogens is 335 g/mol. The molecule has 0 saturated carbocycles. The Morgan fingerprint density at radius 3 is 1.62 bits per heavy atom. The van der Waals surface area contributed by atoms with Gasteiger partial charge in [-0.25, -0.2) is 9.18 Å². The molecule has 0 aliphatic heterocycles. The van der Waals surface area contributed by atoms with Crippen LogP contribution in [0.2, 0.25) is 36.3 Å². The molecule has 0 aliphatic carbocycles. The molecule has 0 aromatic heterocycles. The lowest BCUT2D eigenvalue weighted by Crippen LogP contribution is -2.53. The van der Waals surface area contributed by atoms with E-state index >= 15 is 4.39 Å². The zero-order chi connectivity index (χ0) is 18.5. The van der Waals surface area contributed by atoms with E-state index in [1.54, 1.807) is 6.07 Å². The third kappa shape index (κ3) is 3.52. The van der Waals surface area contributed by atoms with Crippen molar-refractivity contribution >= 4 is 32.5 Å². The average Bonchev–Trinajstić information content (AvgIpc) is 2.60. The highest BCUT2D eigenvalue weighted by atomic mass is 28.3. The summed E-state index contributed by atoms with van der Waals surface area (Å²) in [5.74, 6) is -1.59. The summed E-state index contributed by atoms with van der Waals surface area (Å²) in [7, 11) is -3.73. The third-order valence-electron chi connectivity index (χ3n) is 6.55. The van der Waals surface area contributed by atoms with Crippen LogP contribution >= 0.6 is 0 Å². The lowest BCUT2D eigenvalue weighted by atomic mass is 10.2. The van der Waals surface area contributed by atoms with Crippen LogP contribution in [-0.4, -0.2) is 27.2 Å². The summed E-state index contributed by atoms with van der Waals surface area (Å²) >= 11 is 0. The van der Waals surface area contributed by atoms with Gasteiger partial charge in [0.05, 0.1) is 21.7 Å². The molecule has 136 valence electrons.